The van der Waals surface area contributed by atoms with Crippen LogP contribution in [0.25, 0.3) is 0 Å². The van der Waals surface area contributed by atoms with Crippen LogP contribution in [0.4, 0.5) is 0 Å². The molecular formula is C13H22N2S. The predicted octanol–water partition coefficient (Wildman–Crippen LogP) is 2.08. The van der Waals surface area contributed by atoms with E-state index in [9.17, 15) is 0 Å². The summed E-state index contributed by atoms with van der Waals surface area (Å²) >= 11 is 1.87. The Balaban J connectivity index is 1.70. The lowest BCUT2D eigenvalue weighted by molar-refractivity contribution is 0.262. The number of nitrogens with one attached hydrogen (secondary N) is 1. The summed E-state index contributed by atoms with van der Waals surface area (Å²) in [7, 11) is 2.25. The Labute approximate surface area is 103 Å². The average Bonchev–Trinajstić information content (AvgIpc) is 2.88. The lowest BCUT2D eigenvalue weighted by Gasteiger charge is -2.22. The molecule has 2 rings (SSSR count). The molecule has 2 nitrogen and oxygen atoms in total. The van der Waals surface area contributed by atoms with E-state index in [2.05, 4.69) is 41.7 Å². The second kappa shape index (κ2) is 5.80. The summed E-state index contributed by atoms with van der Waals surface area (Å²) in [6.45, 7) is 7.18. The molecule has 0 unspecified atom stereocenters. The van der Waals surface area contributed by atoms with Crippen molar-refractivity contribution < 1.29 is 0 Å². The lowest BCUT2D eigenvalue weighted by Crippen LogP contribution is -2.30. The van der Waals surface area contributed by atoms with Gasteiger partial charge in [-0.15, -0.1) is 11.3 Å². The van der Waals surface area contributed by atoms with Gasteiger partial charge in [-0.05, 0) is 49.8 Å². The van der Waals surface area contributed by atoms with Gasteiger partial charge in [-0.1, -0.05) is 13.0 Å². The number of rotatable bonds is 5. The number of hydrogen-bond acceptors (Lipinski definition) is 3. The van der Waals surface area contributed by atoms with Crippen LogP contribution in [0, 0.1) is 11.8 Å². The predicted molar refractivity (Wildman–Crippen MR) is 71.0 cm³/mol. The van der Waals surface area contributed by atoms with E-state index in [0.29, 0.717) is 0 Å². The molecule has 0 aliphatic carbocycles. The first-order valence-corrected chi connectivity index (χ1v) is 7.05. The molecule has 0 aromatic carbocycles. The Hall–Kier alpha value is -0.380. The third kappa shape index (κ3) is 3.30. The van der Waals surface area contributed by atoms with Crippen molar-refractivity contribution in [3.05, 3.63) is 22.4 Å². The standard InChI is InChI=1S/C13H22N2S/c1-11-8-14-9-12(11)10-15(2)6-5-13-4-3-7-16-13/h3-4,7,11-12,14H,5-6,8-10H2,1-2H3/t11-,12+/m1/s1. The Morgan fingerprint density at radius 2 is 2.38 bits per heavy atom. The molecule has 0 amide bonds. The number of nitrogens with zero attached hydrogens (tertiary/aromatic N) is 1. The van der Waals surface area contributed by atoms with E-state index in [1.165, 1.54) is 37.5 Å². The molecule has 2 heterocycles. The molecule has 0 bridgehead atoms. The van der Waals surface area contributed by atoms with E-state index >= 15 is 0 Å². The first kappa shape index (κ1) is 12.1. The van der Waals surface area contributed by atoms with E-state index in [-0.39, 0.29) is 0 Å². The van der Waals surface area contributed by atoms with Gasteiger partial charge in [-0.2, -0.15) is 0 Å². The minimum Gasteiger partial charge on any atom is -0.316 e. The Morgan fingerprint density at radius 3 is 3.00 bits per heavy atom. The third-order valence-electron chi connectivity index (χ3n) is 3.54. The van der Waals surface area contributed by atoms with Gasteiger partial charge in [0, 0.05) is 18.0 Å². The largest absolute Gasteiger partial charge is 0.316 e. The smallest absolute Gasteiger partial charge is 0.00579 e. The first-order valence-electron chi connectivity index (χ1n) is 6.17. The molecule has 1 N–H and O–H groups in total. The molecule has 1 saturated heterocycles. The minimum absolute atomic E-state index is 0.837. The van der Waals surface area contributed by atoms with Crippen LogP contribution in [0.1, 0.15) is 11.8 Å². The van der Waals surface area contributed by atoms with E-state index in [4.69, 9.17) is 0 Å². The quantitative estimate of drug-likeness (QED) is 0.845. The molecule has 1 fully saturated rings. The molecule has 16 heavy (non-hydrogen) atoms. The van der Waals surface area contributed by atoms with Crippen molar-refractivity contribution in [2.45, 2.75) is 13.3 Å². The van der Waals surface area contributed by atoms with E-state index in [1.807, 2.05) is 11.3 Å². The van der Waals surface area contributed by atoms with Crippen LogP contribution in [0.15, 0.2) is 17.5 Å². The molecule has 1 aliphatic rings. The highest BCUT2D eigenvalue weighted by Crippen LogP contribution is 2.17. The topological polar surface area (TPSA) is 15.3 Å². The van der Waals surface area contributed by atoms with E-state index in [1.54, 1.807) is 0 Å². The molecular weight excluding hydrogens is 216 g/mol. The van der Waals surface area contributed by atoms with Crippen molar-refractivity contribution in [3.63, 3.8) is 0 Å². The minimum atomic E-state index is 0.837. The third-order valence-corrected chi connectivity index (χ3v) is 4.48. The Bertz CT molecular complexity index is 297. The van der Waals surface area contributed by atoms with Gasteiger partial charge >= 0.3 is 0 Å². The zero-order valence-corrected chi connectivity index (χ0v) is 11.1. The molecule has 1 aliphatic heterocycles. The normalized spacial score (nSPS) is 25.4. The van der Waals surface area contributed by atoms with Crippen LogP contribution in [-0.4, -0.2) is 38.1 Å². The van der Waals surface area contributed by atoms with Crippen molar-refractivity contribution in [2.24, 2.45) is 11.8 Å². The molecule has 1 aromatic rings. The van der Waals surface area contributed by atoms with Crippen molar-refractivity contribution in [1.82, 2.24) is 10.2 Å². The zero-order valence-electron chi connectivity index (χ0n) is 10.3. The molecule has 0 radical (unpaired) electrons. The van der Waals surface area contributed by atoms with Gasteiger partial charge in [0.25, 0.3) is 0 Å². The Kier molecular flexibility index (Phi) is 4.38. The summed E-state index contributed by atoms with van der Waals surface area (Å²) in [6.07, 6.45) is 1.20. The maximum atomic E-state index is 3.47. The number of hydrogen-bond donors (Lipinski definition) is 1. The fraction of sp³-hybridized carbons (Fsp3) is 0.692. The van der Waals surface area contributed by atoms with Crippen LogP contribution in [0.5, 0.6) is 0 Å². The van der Waals surface area contributed by atoms with Crippen molar-refractivity contribution in [1.29, 1.82) is 0 Å². The van der Waals surface area contributed by atoms with E-state index in [0.717, 1.165) is 11.8 Å². The molecule has 1 aromatic heterocycles. The second-order valence-electron chi connectivity index (χ2n) is 4.99. The maximum absolute atomic E-state index is 3.47. The van der Waals surface area contributed by atoms with Crippen LogP contribution >= 0.6 is 11.3 Å². The van der Waals surface area contributed by atoms with Gasteiger partial charge in [0.05, 0.1) is 0 Å². The monoisotopic (exact) mass is 238 g/mol. The van der Waals surface area contributed by atoms with Gasteiger partial charge < -0.3 is 10.2 Å². The highest BCUT2D eigenvalue weighted by molar-refractivity contribution is 7.09. The number of thiophene rings is 1. The summed E-state index contributed by atoms with van der Waals surface area (Å²) in [5, 5.41) is 5.64. The maximum Gasteiger partial charge on any atom is 0.00579 e. The van der Waals surface area contributed by atoms with Crippen LogP contribution in [-0.2, 0) is 6.42 Å². The fourth-order valence-corrected chi connectivity index (χ4v) is 3.05. The molecule has 3 heteroatoms. The highest BCUT2D eigenvalue weighted by Gasteiger charge is 2.23. The summed E-state index contributed by atoms with van der Waals surface area (Å²) in [5.41, 5.74) is 0. The van der Waals surface area contributed by atoms with Gasteiger partial charge in [0.1, 0.15) is 0 Å². The summed E-state index contributed by atoms with van der Waals surface area (Å²) < 4.78 is 0. The van der Waals surface area contributed by atoms with Crippen LogP contribution in [0.2, 0.25) is 0 Å². The summed E-state index contributed by atoms with van der Waals surface area (Å²) in [5.74, 6) is 1.68. The first-order chi connectivity index (χ1) is 7.75. The van der Waals surface area contributed by atoms with Crippen molar-refractivity contribution in [3.8, 4) is 0 Å². The molecule has 0 saturated carbocycles. The average molecular weight is 238 g/mol. The van der Waals surface area contributed by atoms with E-state index < -0.39 is 0 Å². The van der Waals surface area contributed by atoms with Crippen LogP contribution < -0.4 is 5.32 Å². The molecule has 90 valence electrons. The van der Waals surface area contributed by atoms with Crippen molar-refractivity contribution >= 4 is 11.3 Å². The summed E-state index contributed by atoms with van der Waals surface area (Å²) in [6, 6.07) is 4.38. The zero-order chi connectivity index (χ0) is 11.4. The molecule has 0 spiro atoms. The number of likely N-dealkylation sites (N-methyl/N-ethyl adjacent to an activating group) is 1. The molecule has 2 atom stereocenters. The van der Waals surface area contributed by atoms with Gasteiger partial charge in [0.2, 0.25) is 0 Å². The van der Waals surface area contributed by atoms with Gasteiger partial charge in [-0.25, -0.2) is 0 Å². The highest BCUT2D eigenvalue weighted by atomic mass is 32.1. The fourth-order valence-electron chi connectivity index (χ4n) is 2.36. The Morgan fingerprint density at radius 1 is 1.50 bits per heavy atom. The lowest BCUT2D eigenvalue weighted by atomic mass is 9.98. The second-order valence-corrected chi connectivity index (χ2v) is 6.02. The van der Waals surface area contributed by atoms with Crippen molar-refractivity contribution in [2.75, 3.05) is 33.2 Å². The summed E-state index contributed by atoms with van der Waals surface area (Å²) in [4.78, 5) is 3.98. The van der Waals surface area contributed by atoms with Gasteiger partial charge in [-0.3, -0.25) is 0 Å². The van der Waals surface area contributed by atoms with Crippen LogP contribution in [0.3, 0.4) is 0 Å². The SMILES string of the molecule is C[C@@H]1CNC[C@H]1CN(C)CCc1cccs1. The van der Waals surface area contributed by atoms with Gasteiger partial charge in [0.15, 0.2) is 0 Å².